The van der Waals surface area contributed by atoms with E-state index in [-0.39, 0.29) is 26.3 Å². The van der Waals surface area contributed by atoms with Crippen LogP contribution in [0.2, 0.25) is 0 Å². The zero-order chi connectivity index (χ0) is 25.1. The molecule has 2 rings (SSSR count). The van der Waals surface area contributed by atoms with Crippen molar-refractivity contribution in [2.24, 2.45) is 5.92 Å². The Hall–Kier alpha value is -1.31. The fraction of sp³-hybridized carbons (Fsp3) is 0.792. The number of rotatable bonds is 10. The van der Waals surface area contributed by atoms with E-state index < -0.39 is 35.7 Å². The average Bonchev–Trinajstić information content (AvgIpc) is 2.73. The van der Waals surface area contributed by atoms with E-state index in [1.54, 1.807) is 34.0 Å². The molecule has 33 heavy (non-hydrogen) atoms. The molecule has 0 aromatic carbocycles. The van der Waals surface area contributed by atoms with Crippen LogP contribution in [0.1, 0.15) is 54.4 Å². The third-order valence-electron chi connectivity index (χ3n) is 6.53. The van der Waals surface area contributed by atoms with Gasteiger partial charge in [0.05, 0.1) is 23.4 Å². The summed E-state index contributed by atoms with van der Waals surface area (Å²) in [5.74, 6) is -1.45. The van der Waals surface area contributed by atoms with Gasteiger partial charge in [0, 0.05) is 32.9 Å². The highest BCUT2D eigenvalue weighted by Gasteiger charge is 2.48. The van der Waals surface area contributed by atoms with Gasteiger partial charge >= 0.3 is 5.97 Å². The minimum Gasteiger partial charge on any atom is -0.456 e. The highest BCUT2D eigenvalue weighted by Crippen LogP contribution is 2.41. The molecule has 8 nitrogen and oxygen atoms in total. The van der Waals surface area contributed by atoms with Crippen LogP contribution in [-0.2, 0) is 33.0 Å². The summed E-state index contributed by atoms with van der Waals surface area (Å²) in [6.45, 7) is 14.8. The molecule has 0 aromatic heterocycles. The van der Waals surface area contributed by atoms with E-state index in [2.05, 4.69) is 11.5 Å². The number of cyclic esters (lactones) is 1. The maximum Gasteiger partial charge on any atom is 0.340 e. The minimum atomic E-state index is -1.10. The molecule has 188 valence electrons. The molecular formula is C24H40NO7P. The first-order chi connectivity index (χ1) is 15.3. The van der Waals surface area contributed by atoms with Crippen LogP contribution in [0.5, 0.6) is 0 Å². The van der Waals surface area contributed by atoms with Gasteiger partial charge in [-0.2, -0.15) is 0 Å². The van der Waals surface area contributed by atoms with Crippen molar-refractivity contribution in [1.82, 2.24) is 4.90 Å². The van der Waals surface area contributed by atoms with E-state index in [1.165, 1.54) is 0 Å². The largest absolute Gasteiger partial charge is 0.456 e. The van der Waals surface area contributed by atoms with Crippen molar-refractivity contribution in [3.05, 3.63) is 24.0 Å². The molecule has 2 heterocycles. The van der Waals surface area contributed by atoms with Gasteiger partial charge in [0.2, 0.25) is 5.79 Å². The van der Waals surface area contributed by atoms with Gasteiger partial charge < -0.3 is 28.6 Å². The van der Waals surface area contributed by atoms with Gasteiger partial charge in [0.1, 0.15) is 11.4 Å². The fourth-order valence-electron chi connectivity index (χ4n) is 4.65. The third-order valence-corrected chi connectivity index (χ3v) is 7.37. The summed E-state index contributed by atoms with van der Waals surface area (Å²) in [6.07, 6.45) is 1.58. The first-order valence-electron chi connectivity index (χ1n) is 11.4. The summed E-state index contributed by atoms with van der Waals surface area (Å²) < 4.78 is 42.4. The van der Waals surface area contributed by atoms with Crippen molar-refractivity contribution in [2.75, 3.05) is 21.2 Å². The Balaban J connectivity index is 2.51. The molecule has 0 saturated carbocycles. The molecular weight excluding hydrogens is 445 g/mol. The fourth-order valence-corrected chi connectivity index (χ4v) is 5.42. The summed E-state index contributed by atoms with van der Waals surface area (Å²) in [4.78, 5) is 14.6. The highest BCUT2D eigenvalue weighted by atomic mass is 31.1. The molecule has 2 aliphatic rings. The summed E-state index contributed by atoms with van der Waals surface area (Å²) in [7, 11) is 5.49. The molecule has 0 bridgehead atoms. The number of hydrogen-bond donors (Lipinski definition) is 0. The monoisotopic (exact) mass is 485 g/mol. The van der Waals surface area contributed by atoms with Crippen LogP contribution in [-0.4, -0.2) is 73.7 Å². The molecule has 0 spiro atoms. The molecule has 9 heteroatoms. The van der Waals surface area contributed by atoms with Crippen LogP contribution >= 0.6 is 8.46 Å². The summed E-state index contributed by atoms with van der Waals surface area (Å²) in [6, 6.07) is 0.0165. The molecule has 1 unspecified atom stereocenters. The predicted octanol–water partition coefficient (Wildman–Crippen LogP) is 4.30. The average molecular weight is 486 g/mol. The number of carbonyl (C=O) groups excluding carboxylic acids is 1. The molecule has 0 aliphatic carbocycles. The summed E-state index contributed by atoms with van der Waals surface area (Å²) in [5, 5.41) is 0. The Morgan fingerprint density at radius 2 is 2.00 bits per heavy atom. The van der Waals surface area contributed by atoms with Crippen molar-refractivity contribution in [3.63, 3.8) is 0 Å². The van der Waals surface area contributed by atoms with E-state index >= 15 is 0 Å². The molecule has 2 aliphatic heterocycles. The van der Waals surface area contributed by atoms with Crippen LogP contribution in [0, 0.1) is 5.92 Å². The van der Waals surface area contributed by atoms with Crippen molar-refractivity contribution in [3.8, 4) is 0 Å². The first kappa shape index (κ1) is 27.9. The first-order valence-corrected chi connectivity index (χ1v) is 12.3. The second-order valence-electron chi connectivity index (χ2n) is 9.91. The Morgan fingerprint density at radius 1 is 1.36 bits per heavy atom. The summed E-state index contributed by atoms with van der Waals surface area (Å²) in [5.41, 5.74) is -0.819. The lowest BCUT2D eigenvalue weighted by Gasteiger charge is -2.47. The number of nitrogens with zero attached hydrogens (tertiary/aromatic N) is 1. The maximum absolute atomic E-state index is 12.5. The van der Waals surface area contributed by atoms with Gasteiger partial charge in [0.15, 0.2) is 14.8 Å². The molecule has 7 atom stereocenters. The number of methoxy groups -OCH3 is 1. The topological polar surface area (TPSA) is 83.5 Å². The Bertz CT molecular complexity index is 768. The molecule has 1 fully saturated rings. The van der Waals surface area contributed by atoms with E-state index in [9.17, 15) is 9.36 Å². The number of esters is 1. The van der Waals surface area contributed by atoms with Gasteiger partial charge in [-0.1, -0.05) is 13.0 Å². The van der Waals surface area contributed by atoms with Gasteiger partial charge in [-0.25, -0.2) is 4.79 Å². The van der Waals surface area contributed by atoms with E-state index in [4.69, 9.17) is 23.7 Å². The smallest absolute Gasteiger partial charge is 0.340 e. The van der Waals surface area contributed by atoms with Crippen molar-refractivity contribution >= 4 is 14.4 Å². The normalized spacial score (nSPS) is 31.5. The predicted molar refractivity (Wildman–Crippen MR) is 126 cm³/mol. The summed E-state index contributed by atoms with van der Waals surface area (Å²) >= 11 is 0. The molecule has 0 N–H and O–H groups in total. The van der Waals surface area contributed by atoms with Crippen LogP contribution in [0.25, 0.3) is 0 Å². The van der Waals surface area contributed by atoms with Crippen LogP contribution in [0.15, 0.2) is 24.0 Å². The molecule has 0 radical (unpaired) electrons. The van der Waals surface area contributed by atoms with Crippen molar-refractivity contribution in [2.45, 2.75) is 96.0 Å². The lowest BCUT2D eigenvalue weighted by molar-refractivity contribution is -0.263. The third kappa shape index (κ3) is 6.23. The standard InChI is InChI=1S/C24H40NO7P/c1-11-12-24(7,28-10)20(15(3)18-16(4)21(26)32-23(5,6)31-18)30-22-19(33-27)17(25(8)9)13-14(2)29-22/h11,14-15,17,19-20,22H,1,12-13H2,2-10H3/t14-,15+,17?,19-,20-,22+,24-/m1/s1. The van der Waals surface area contributed by atoms with Crippen molar-refractivity contribution < 1.29 is 33.0 Å². The molecule has 0 aromatic rings. The van der Waals surface area contributed by atoms with Crippen molar-refractivity contribution in [1.29, 1.82) is 0 Å². The zero-order valence-electron chi connectivity index (χ0n) is 21.4. The van der Waals surface area contributed by atoms with Gasteiger partial charge in [0.25, 0.3) is 0 Å². The highest BCUT2D eigenvalue weighted by molar-refractivity contribution is 7.24. The quantitative estimate of drug-likeness (QED) is 0.257. The second kappa shape index (κ2) is 11.0. The Morgan fingerprint density at radius 3 is 2.52 bits per heavy atom. The molecule has 0 amide bonds. The maximum atomic E-state index is 12.5. The number of ether oxygens (including phenoxy) is 5. The lowest BCUT2D eigenvalue weighted by atomic mass is 9.83. The van der Waals surface area contributed by atoms with Gasteiger partial charge in [-0.3, -0.25) is 4.57 Å². The Kier molecular flexibility index (Phi) is 9.27. The number of hydrogen-bond acceptors (Lipinski definition) is 8. The van der Waals surface area contributed by atoms with E-state index in [1.807, 2.05) is 34.9 Å². The second-order valence-corrected chi connectivity index (χ2v) is 10.7. The van der Waals surface area contributed by atoms with E-state index in [0.29, 0.717) is 17.8 Å². The van der Waals surface area contributed by atoms with Crippen LogP contribution < -0.4 is 0 Å². The Labute approximate surface area is 199 Å². The van der Waals surface area contributed by atoms with E-state index in [0.717, 1.165) is 6.42 Å². The molecule has 1 saturated heterocycles. The SMILES string of the molecule is C=CC[C@@](C)(OC)[C@H](O[C@@H]1O[C@H](C)CC(N(C)C)[C@H]1P=O)[C@@H](C)C1=C(C)C(=O)OC(C)(C)O1. The van der Waals surface area contributed by atoms with Gasteiger partial charge in [-0.15, -0.1) is 6.58 Å². The lowest BCUT2D eigenvalue weighted by Crippen LogP contribution is -2.56. The van der Waals surface area contributed by atoms with Crippen LogP contribution in [0.3, 0.4) is 0 Å². The minimum absolute atomic E-state index is 0.0165. The van der Waals surface area contributed by atoms with Gasteiger partial charge in [-0.05, 0) is 47.7 Å². The zero-order valence-corrected chi connectivity index (χ0v) is 22.3. The van der Waals surface area contributed by atoms with Crippen LogP contribution in [0.4, 0.5) is 0 Å². The number of carbonyl (C=O) groups is 1.